The van der Waals surface area contributed by atoms with E-state index in [0.29, 0.717) is 0 Å². The van der Waals surface area contributed by atoms with Crippen LogP contribution in [0.1, 0.15) is 5.56 Å². The Balaban J connectivity index is 2.44. The van der Waals surface area contributed by atoms with Crippen LogP contribution in [0.3, 0.4) is 0 Å². The summed E-state index contributed by atoms with van der Waals surface area (Å²) in [6.45, 7) is 0.0612. The van der Waals surface area contributed by atoms with E-state index in [4.69, 9.17) is 5.53 Å². The SMILES string of the molecule is [N-]=[N+]=NC(=O)OCc1cccnc1. The predicted octanol–water partition coefficient (Wildman–Crippen LogP) is 2.03. The number of carbonyl (C=O) groups excluding carboxylic acids is 1. The summed E-state index contributed by atoms with van der Waals surface area (Å²) in [5.74, 6) is 0. The van der Waals surface area contributed by atoms with Gasteiger partial charge in [0.05, 0.1) is 0 Å². The van der Waals surface area contributed by atoms with Crippen molar-refractivity contribution in [3.05, 3.63) is 40.5 Å². The minimum absolute atomic E-state index is 0.0612. The topological polar surface area (TPSA) is 88.0 Å². The molecule has 0 N–H and O–H groups in total. The van der Waals surface area contributed by atoms with Crippen molar-refractivity contribution in [2.24, 2.45) is 5.11 Å². The highest BCUT2D eigenvalue weighted by molar-refractivity contribution is 5.67. The number of carbonyl (C=O) groups is 1. The van der Waals surface area contributed by atoms with Crippen molar-refractivity contribution >= 4 is 6.09 Å². The normalized spacial score (nSPS) is 8.62. The second-order valence-corrected chi connectivity index (χ2v) is 2.11. The van der Waals surface area contributed by atoms with Crippen LogP contribution in [0.2, 0.25) is 0 Å². The molecule has 1 aromatic heterocycles. The zero-order valence-electron chi connectivity index (χ0n) is 6.62. The Morgan fingerprint density at radius 3 is 3.23 bits per heavy atom. The van der Waals surface area contributed by atoms with Crippen molar-refractivity contribution in [3.8, 4) is 0 Å². The lowest BCUT2D eigenvalue weighted by Gasteiger charge is -1.99. The van der Waals surface area contributed by atoms with Crippen molar-refractivity contribution in [2.45, 2.75) is 6.61 Å². The number of pyridine rings is 1. The number of aromatic nitrogens is 1. The van der Waals surface area contributed by atoms with E-state index in [9.17, 15) is 4.79 Å². The summed E-state index contributed by atoms with van der Waals surface area (Å²) < 4.78 is 4.57. The molecule has 0 radical (unpaired) electrons. The van der Waals surface area contributed by atoms with E-state index in [1.807, 2.05) is 0 Å². The molecule has 0 unspecified atom stereocenters. The number of amides is 1. The minimum Gasteiger partial charge on any atom is -0.456 e. The molecule has 0 saturated carbocycles. The molecular formula is C7H6N4O2. The highest BCUT2D eigenvalue weighted by atomic mass is 16.5. The Morgan fingerprint density at radius 1 is 1.77 bits per heavy atom. The molecule has 0 fully saturated rings. The molecule has 1 aromatic rings. The maximum atomic E-state index is 10.6. The number of azide groups is 1. The molecule has 0 aliphatic carbocycles. The molecule has 6 nitrogen and oxygen atoms in total. The number of hydrogen-bond donors (Lipinski definition) is 0. The Labute approximate surface area is 73.8 Å². The maximum absolute atomic E-state index is 10.6. The fourth-order valence-electron chi connectivity index (χ4n) is 0.694. The average molecular weight is 178 g/mol. The van der Waals surface area contributed by atoms with Gasteiger partial charge in [0.15, 0.2) is 0 Å². The molecule has 0 aliphatic heterocycles. The number of hydrogen-bond acceptors (Lipinski definition) is 3. The third-order valence-corrected chi connectivity index (χ3v) is 1.21. The van der Waals surface area contributed by atoms with Gasteiger partial charge in [-0.25, -0.2) is 4.79 Å². The molecule has 0 aromatic carbocycles. The Kier molecular flexibility index (Phi) is 3.29. The summed E-state index contributed by atoms with van der Waals surface area (Å²) in [6, 6.07) is 3.47. The molecule has 0 atom stereocenters. The lowest BCUT2D eigenvalue weighted by molar-refractivity contribution is 0.150. The second-order valence-electron chi connectivity index (χ2n) is 2.11. The summed E-state index contributed by atoms with van der Waals surface area (Å²) in [5.41, 5.74) is 8.62. The van der Waals surface area contributed by atoms with Crippen LogP contribution in [0.25, 0.3) is 10.4 Å². The third kappa shape index (κ3) is 3.22. The predicted molar refractivity (Wildman–Crippen MR) is 43.6 cm³/mol. The second kappa shape index (κ2) is 4.74. The minimum atomic E-state index is -0.939. The van der Waals surface area contributed by atoms with Crippen LogP contribution in [-0.2, 0) is 11.3 Å². The molecule has 1 rings (SSSR count). The molecule has 0 saturated heterocycles. The van der Waals surface area contributed by atoms with Gasteiger partial charge in [-0.3, -0.25) is 4.98 Å². The fraction of sp³-hybridized carbons (Fsp3) is 0.143. The summed E-state index contributed by atoms with van der Waals surface area (Å²) in [7, 11) is 0. The highest BCUT2D eigenvalue weighted by Crippen LogP contribution is 1.99. The van der Waals surface area contributed by atoms with E-state index in [1.54, 1.807) is 24.5 Å². The largest absolute Gasteiger partial charge is 0.456 e. The molecule has 0 bridgehead atoms. The van der Waals surface area contributed by atoms with Crippen molar-refractivity contribution in [1.29, 1.82) is 0 Å². The van der Waals surface area contributed by atoms with Crippen molar-refractivity contribution in [1.82, 2.24) is 4.98 Å². The van der Waals surface area contributed by atoms with E-state index >= 15 is 0 Å². The standard InChI is InChI=1S/C7H6N4O2/c8-11-10-7(12)13-5-6-2-1-3-9-4-6/h1-4H,5H2. The lowest BCUT2D eigenvalue weighted by atomic mass is 10.3. The van der Waals surface area contributed by atoms with Gasteiger partial charge in [0.2, 0.25) is 0 Å². The Morgan fingerprint density at radius 2 is 2.62 bits per heavy atom. The van der Waals surface area contributed by atoms with Gasteiger partial charge in [-0.2, -0.15) is 0 Å². The molecule has 0 spiro atoms. The van der Waals surface area contributed by atoms with Gasteiger partial charge >= 0.3 is 6.09 Å². The lowest BCUT2D eigenvalue weighted by Crippen LogP contribution is -1.97. The zero-order chi connectivity index (χ0) is 9.52. The molecule has 13 heavy (non-hydrogen) atoms. The average Bonchev–Trinajstić information content (AvgIpc) is 2.17. The van der Waals surface area contributed by atoms with Gasteiger partial charge in [-0.1, -0.05) is 6.07 Å². The molecule has 0 aliphatic rings. The van der Waals surface area contributed by atoms with Gasteiger partial charge in [0, 0.05) is 28.0 Å². The molecule has 1 heterocycles. The van der Waals surface area contributed by atoms with Crippen LogP contribution in [0.5, 0.6) is 0 Å². The van der Waals surface area contributed by atoms with Gasteiger partial charge < -0.3 is 4.74 Å². The number of nitrogens with zero attached hydrogens (tertiary/aromatic N) is 4. The van der Waals surface area contributed by atoms with Gasteiger partial charge in [-0.05, 0) is 11.6 Å². The van der Waals surface area contributed by atoms with Crippen molar-refractivity contribution in [2.75, 3.05) is 0 Å². The van der Waals surface area contributed by atoms with Crippen LogP contribution in [0.15, 0.2) is 29.6 Å². The van der Waals surface area contributed by atoms with E-state index in [-0.39, 0.29) is 6.61 Å². The fourth-order valence-corrected chi connectivity index (χ4v) is 0.694. The number of ether oxygens (including phenoxy) is 1. The van der Waals surface area contributed by atoms with Gasteiger partial charge in [0.25, 0.3) is 0 Å². The zero-order valence-corrected chi connectivity index (χ0v) is 6.62. The van der Waals surface area contributed by atoms with Crippen molar-refractivity contribution < 1.29 is 9.53 Å². The highest BCUT2D eigenvalue weighted by Gasteiger charge is 1.98. The van der Waals surface area contributed by atoms with Gasteiger partial charge in [0.1, 0.15) is 6.61 Å². The van der Waals surface area contributed by atoms with Crippen molar-refractivity contribution in [3.63, 3.8) is 0 Å². The van der Waals surface area contributed by atoms with Crippen LogP contribution in [0, 0.1) is 0 Å². The van der Waals surface area contributed by atoms with Gasteiger partial charge in [-0.15, -0.1) is 0 Å². The van der Waals surface area contributed by atoms with E-state index in [1.165, 1.54) is 0 Å². The van der Waals surface area contributed by atoms with Crippen LogP contribution in [-0.4, -0.2) is 11.1 Å². The molecule has 6 heteroatoms. The van der Waals surface area contributed by atoms with Crippen LogP contribution >= 0.6 is 0 Å². The maximum Gasteiger partial charge on any atom is 0.397 e. The van der Waals surface area contributed by atoms with E-state index in [2.05, 4.69) is 19.7 Å². The molecule has 1 amide bonds. The Hall–Kier alpha value is -2.07. The van der Waals surface area contributed by atoms with E-state index in [0.717, 1.165) is 5.56 Å². The first-order valence-corrected chi connectivity index (χ1v) is 3.43. The van der Waals surface area contributed by atoms with E-state index < -0.39 is 6.09 Å². The molecule has 66 valence electrons. The van der Waals surface area contributed by atoms with Crippen LogP contribution < -0.4 is 0 Å². The number of rotatable bonds is 2. The summed E-state index contributed by atoms with van der Waals surface area (Å²) in [5, 5.41) is 2.74. The third-order valence-electron chi connectivity index (χ3n) is 1.21. The smallest absolute Gasteiger partial charge is 0.397 e. The first-order chi connectivity index (χ1) is 6.33. The quantitative estimate of drug-likeness (QED) is 0.394. The first kappa shape index (κ1) is 9.02. The Bertz CT molecular complexity index is 332. The first-order valence-electron chi connectivity index (χ1n) is 3.43. The van der Waals surface area contributed by atoms with Crippen LogP contribution in [0.4, 0.5) is 4.79 Å². The molecular weight excluding hydrogens is 172 g/mol. The summed E-state index contributed by atoms with van der Waals surface area (Å²) >= 11 is 0. The summed E-state index contributed by atoms with van der Waals surface area (Å²) in [6.07, 6.45) is 2.23. The summed E-state index contributed by atoms with van der Waals surface area (Å²) in [4.78, 5) is 16.6. The monoisotopic (exact) mass is 178 g/mol.